The fraction of sp³-hybridized carbons (Fsp3) is 0.615. The van der Waals surface area contributed by atoms with Gasteiger partial charge in [0, 0.05) is 12.1 Å². The Morgan fingerprint density at radius 3 is 2.35 bits per heavy atom. The van der Waals surface area contributed by atoms with Crippen molar-refractivity contribution < 1.29 is 14.2 Å². The summed E-state index contributed by atoms with van der Waals surface area (Å²) < 4.78 is 16.6. The van der Waals surface area contributed by atoms with Gasteiger partial charge >= 0.3 is 0 Å². The zero-order valence-corrected chi connectivity index (χ0v) is 10.8. The van der Waals surface area contributed by atoms with Crippen molar-refractivity contribution in [2.24, 2.45) is 0 Å². The van der Waals surface area contributed by atoms with E-state index in [0.29, 0.717) is 17.9 Å². The lowest BCUT2D eigenvalue weighted by Gasteiger charge is -2.21. The Balaban J connectivity index is 2.18. The van der Waals surface area contributed by atoms with Crippen molar-refractivity contribution in [1.82, 2.24) is 4.98 Å². The van der Waals surface area contributed by atoms with Crippen molar-refractivity contribution in [2.75, 3.05) is 7.11 Å². The molecule has 17 heavy (non-hydrogen) atoms. The Morgan fingerprint density at radius 1 is 1.18 bits per heavy atom. The minimum absolute atomic E-state index is 0.282. The third-order valence-electron chi connectivity index (χ3n) is 2.20. The lowest BCUT2D eigenvalue weighted by molar-refractivity contribution is 0.122. The Hall–Kier alpha value is -1.45. The van der Waals surface area contributed by atoms with Gasteiger partial charge in [-0.25, -0.2) is 0 Å². The van der Waals surface area contributed by atoms with E-state index in [0.717, 1.165) is 18.6 Å². The number of ether oxygens (including phenoxy) is 3. The third-order valence-corrected chi connectivity index (χ3v) is 2.20. The molecule has 0 amide bonds. The number of methoxy groups -OCH3 is 1. The first-order valence-corrected chi connectivity index (χ1v) is 5.88. The van der Waals surface area contributed by atoms with Crippen LogP contribution in [0.4, 0.5) is 0 Å². The van der Waals surface area contributed by atoms with E-state index in [9.17, 15) is 0 Å². The summed E-state index contributed by atoms with van der Waals surface area (Å²) in [7, 11) is 1.59. The molecule has 0 unspecified atom stereocenters. The van der Waals surface area contributed by atoms with Gasteiger partial charge in [-0.1, -0.05) is 0 Å². The van der Waals surface area contributed by atoms with Gasteiger partial charge in [0.1, 0.15) is 11.4 Å². The first kappa shape index (κ1) is 12.0. The monoisotopic (exact) mass is 237 g/mol. The molecule has 2 rings (SSSR count). The van der Waals surface area contributed by atoms with Crippen LogP contribution in [0, 0.1) is 0 Å². The lowest BCUT2D eigenvalue weighted by atomic mass is 10.2. The molecule has 0 spiro atoms. The number of hydrogen-bond acceptors (Lipinski definition) is 4. The summed E-state index contributed by atoms with van der Waals surface area (Å²) in [6.45, 7) is 5.95. The molecule has 1 aliphatic carbocycles. The van der Waals surface area contributed by atoms with Crippen LogP contribution in [0.2, 0.25) is 0 Å². The number of nitrogens with zero attached hydrogens (tertiary/aromatic N) is 1. The smallest absolute Gasteiger partial charge is 0.220 e. The highest BCUT2D eigenvalue weighted by molar-refractivity contribution is 5.34. The minimum atomic E-state index is -0.282. The molecule has 1 saturated carbocycles. The maximum Gasteiger partial charge on any atom is 0.220 e. The predicted octanol–water partition coefficient (Wildman–Crippen LogP) is 2.81. The van der Waals surface area contributed by atoms with Gasteiger partial charge < -0.3 is 14.2 Å². The molecule has 1 aromatic rings. The van der Waals surface area contributed by atoms with Gasteiger partial charge in [0.05, 0.1) is 13.2 Å². The van der Waals surface area contributed by atoms with Crippen LogP contribution >= 0.6 is 0 Å². The van der Waals surface area contributed by atoms with Gasteiger partial charge in [-0.05, 0) is 33.6 Å². The van der Waals surface area contributed by atoms with E-state index >= 15 is 0 Å². The summed E-state index contributed by atoms with van der Waals surface area (Å²) in [6, 6.07) is 3.60. The molecule has 4 nitrogen and oxygen atoms in total. The van der Waals surface area contributed by atoms with E-state index in [1.165, 1.54) is 0 Å². The average molecular weight is 237 g/mol. The quantitative estimate of drug-likeness (QED) is 0.807. The number of hydrogen-bond donors (Lipinski definition) is 0. The van der Waals surface area contributed by atoms with E-state index in [1.807, 2.05) is 26.8 Å². The van der Waals surface area contributed by atoms with Gasteiger partial charge in [0.25, 0.3) is 0 Å². The van der Waals surface area contributed by atoms with Crippen molar-refractivity contribution in [3.8, 4) is 17.5 Å². The second-order valence-electron chi connectivity index (χ2n) is 5.22. The fourth-order valence-corrected chi connectivity index (χ4v) is 1.38. The normalized spacial score (nSPS) is 15.5. The number of rotatable bonds is 4. The first-order valence-electron chi connectivity index (χ1n) is 5.88. The van der Waals surface area contributed by atoms with Gasteiger partial charge in [0.15, 0.2) is 0 Å². The molecule has 0 saturated heterocycles. The topological polar surface area (TPSA) is 40.6 Å². The maximum absolute atomic E-state index is 5.72. The van der Waals surface area contributed by atoms with Crippen molar-refractivity contribution in [3.05, 3.63) is 12.1 Å². The van der Waals surface area contributed by atoms with Gasteiger partial charge in [-0.3, -0.25) is 0 Å². The SMILES string of the molecule is COc1cc(OC2CC2)cc(OC(C)(C)C)n1. The summed E-state index contributed by atoms with van der Waals surface area (Å²) in [5.74, 6) is 1.81. The average Bonchev–Trinajstić information content (AvgIpc) is 2.98. The Bertz CT molecular complexity index is 394. The number of aromatic nitrogens is 1. The molecule has 0 bridgehead atoms. The van der Waals surface area contributed by atoms with E-state index in [4.69, 9.17) is 14.2 Å². The zero-order valence-electron chi connectivity index (χ0n) is 10.8. The molecule has 0 N–H and O–H groups in total. The molecule has 1 heterocycles. The van der Waals surface area contributed by atoms with Gasteiger partial charge in [0.2, 0.25) is 11.8 Å². The highest BCUT2D eigenvalue weighted by Gasteiger charge is 2.24. The number of pyridine rings is 1. The molecular weight excluding hydrogens is 218 g/mol. The van der Waals surface area contributed by atoms with Crippen molar-refractivity contribution in [2.45, 2.75) is 45.3 Å². The van der Waals surface area contributed by atoms with Crippen LogP contribution in [0.3, 0.4) is 0 Å². The second-order valence-corrected chi connectivity index (χ2v) is 5.22. The highest BCUT2D eigenvalue weighted by Crippen LogP contribution is 2.31. The molecule has 0 aromatic carbocycles. The molecule has 4 heteroatoms. The molecule has 94 valence electrons. The summed E-state index contributed by atoms with van der Waals surface area (Å²) in [5, 5.41) is 0. The molecule has 1 aromatic heterocycles. The van der Waals surface area contributed by atoms with Crippen LogP contribution in [0.15, 0.2) is 12.1 Å². The first-order chi connectivity index (χ1) is 7.96. The van der Waals surface area contributed by atoms with Crippen LogP contribution in [0.25, 0.3) is 0 Å². The van der Waals surface area contributed by atoms with Crippen LogP contribution < -0.4 is 14.2 Å². The molecular formula is C13H19NO3. The van der Waals surface area contributed by atoms with Crippen molar-refractivity contribution in [3.63, 3.8) is 0 Å². The van der Waals surface area contributed by atoms with Crippen LogP contribution in [0.1, 0.15) is 33.6 Å². The maximum atomic E-state index is 5.72. The molecule has 0 radical (unpaired) electrons. The summed E-state index contributed by atoms with van der Waals surface area (Å²) >= 11 is 0. The highest BCUT2D eigenvalue weighted by atomic mass is 16.5. The molecule has 1 fully saturated rings. The van der Waals surface area contributed by atoms with Crippen LogP contribution in [-0.4, -0.2) is 23.8 Å². The molecule has 0 aliphatic heterocycles. The van der Waals surface area contributed by atoms with E-state index in [1.54, 1.807) is 13.2 Å². The minimum Gasteiger partial charge on any atom is -0.490 e. The second kappa shape index (κ2) is 4.43. The molecule has 0 atom stereocenters. The van der Waals surface area contributed by atoms with Crippen molar-refractivity contribution >= 4 is 0 Å². The van der Waals surface area contributed by atoms with Crippen LogP contribution in [-0.2, 0) is 0 Å². The Labute approximate surface area is 102 Å². The third kappa shape index (κ3) is 3.80. The largest absolute Gasteiger partial charge is 0.490 e. The zero-order chi connectivity index (χ0) is 12.5. The molecule has 1 aliphatic rings. The Morgan fingerprint density at radius 2 is 1.82 bits per heavy atom. The summed E-state index contributed by atoms with van der Waals surface area (Å²) in [4.78, 5) is 4.24. The summed E-state index contributed by atoms with van der Waals surface area (Å²) in [5.41, 5.74) is -0.282. The summed E-state index contributed by atoms with van der Waals surface area (Å²) in [6.07, 6.45) is 2.60. The van der Waals surface area contributed by atoms with Gasteiger partial charge in [-0.15, -0.1) is 0 Å². The lowest BCUT2D eigenvalue weighted by Crippen LogP contribution is -2.23. The van der Waals surface area contributed by atoms with E-state index in [2.05, 4.69) is 4.98 Å². The van der Waals surface area contributed by atoms with Crippen molar-refractivity contribution in [1.29, 1.82) is 0 Å². The standard InChI is InChI=1S/C13H19NO3/c1-13(2,3)17-12-8-10(16-9-5-6-9)7-11(14-12)15-4/h7-9H,5-6H2,1-4H3. The van der Waals surface area contributed by atoms with Gasteiger partial charge in [-0.2, -0.15) is 4.98 Å². The van der Waals surface area contributed by atoms with E-state index < -0.39 is 0 Å². The fourth-order valence-electron chi connectivity index (χ4n) is 1.38. The predicted molar refractivity (Wildman–Crippen MR) is 64.8 cm³/mol. The van der Waals surface area contributed by atoms with Crippen LogP contribution in [0.5, 0.6) is 17.5 Å². The Kier molecular flexibility index (Phi) is 3.13. The van der Waals surface area contributed by atoms with E-state index in [-0.39, 0.29) is 5.60 Å².